The van der Waals surface area contributed by atoms with E-state index >= 15 is 0 Å². The fourth-order valence-electron chi connectivity index (χ4n) is 5.13. The number of carbonyl (C=O) groups is 1. The van der Waals surface area contributed by atoms with Crippen LogP contribution in [0.5, 0.6) is 0 Å². The molecule has 0 atom stereocenters. The fourth-order valence-corrected chi connectivity index (χ4v) is 5.13. The number of pyridine rings is 1. The fraction of sp³-hybridized carbons (Fsp3) is 0.214. The van der Waals surface area contributed by atoms with Crippen molar-refractivity contribution in [2.75, 3.05) is 12.8 Å². The van der Waals surface area contributed by atoms with Gasteiger partial charge in [0.25, 0.3) is 0 Å². The maximum Gasteiger partial charge on any atom is 0.223 e. The monoisotopic (exact) mass is 550 g/mol. The van der Waals surface area contributed by atoms with Gasteiger partial charge in [-0.05, 0) is 42.1 Å². The summed E-state index contributed by atoms with van der Waals surface area (Å²) < 4.78 is 2.16. The van der Waals surface area contributed by atoms with Crippen LogP contribution in [0, 0.1) is 18.9 Å². The second kappa shape index (κ2) is 9.71. The van der Waals surface area contributed by atoms with Crippen molar-refractivity contribution in [3.05, 3.63) is 72.7 Å². The molecule has 7 nitrogen and oxygen atoms in total. The molecule has 1 radical (unpaired) electrons. The van der Waals surface area contributed by atoms with E-state index in [1.165, 1.54) is 6.33 Å². The summed E-state index contributed by atoms with van der Waals surface area (Å²) in [5.41, 5.74) is 13.1. The largest absolute Gasteiger partial charge is 0.383 e. The first-order valence-electron chi connectivity index (χ1n) is 11.8. The number of carbonyl (C=O) groups excluding carboxylic acids is 1. The van der Waals surface area contributed by atoms with Crippen molar-refractivity contribution in [3.8, 4) is 22.4 Å². The van der Waals surface area contributed by atoms with Gasteiger partial charge in [-0.3, -0.25) is 4.79 Å². The van der Waals surface area contributed by atoms with Gasteiger partial charge in [-0.1, -0.05) is 42.0 Å². The summed E-state index contributed by atoms with van der Waals surface area (Å²) in [6.45, 7) is 2.08. The Morgan fingerprint density at radius 3 is 2.64 bits per heavy atom. The minimum Gasteiger partial charge on any atom is -0.383 e. The zero-order valence-corrected chi connectivity index (χ0v) is 23.0. The maximum atomic E-state index is 12.0. The number of hydrogen-bond acceptors (Lipinski definition) is 5. The van der Waals surface area contributed by atoms with E-state index in [9.17, 15) is 4.79 Å². The zero-order valence-electron chi connectivity index (χ0n) is 20.2. The Hall–Kier alpha value is -3.16. The number of nitrogens with zero attached hydrogens (tertiary/aromatic N) is 4. The SMILES string of the molecule is CNC(=O)C1CC(n2cc(-c3ccc4[c-]cc(-c5ccccc5)nc4c3C)c3c(N)ncnc32)C1.[Y]. The predicted molar refractivity (Wildman–Crippen MR) is 138 cm³/mol. The van der Waals surface area contributed by atoms with Gasteiger partial charge in [0.2, 0.25) is 5.91 Å². The van der Waals surface area contributed by atoms with E-state index in [1.54, 1.807) is 7.05 Å². The molecule has 36 heavy (non-hydrogen) atoms. The van der Waals surface area contributed by atoms with Crippen molar-refractivity contribution in [2.45, 2.75) is 25.8 Å². The Morgan fingerprint density at radius 1 is 1.11 bits per heavy atom. The molecule has 2 aromatic carbocycles. The first-order valence-corrected chi connectivity index (χ1v) is 11.8. The number of hydrogen-bond donors (Lipinski definition) is 2. The van der Waals surface area contributed by atoms with Crippen molar-refractivity contribution >= 4 is 33.7 Å². The van der Waals surface area contributed by atoms with E-state index in [1.807, 2.05) is 30.3 Å². The molecule has 3 aromatic heterocycles. The number of nitrogens with one attached hydrogen (secondary N) is 1. The summed E-state index contributed by atoms with van der Waals surface area (Å²) in [4.78, 5) is 25.9. The first-order chi connectivity index (χ1) is 17.0. The summed E-state index contributed by atoms with van der Waals surface area (Å²) in [5, 5.41) is 4.55. The smallest absolute Gasteiger partial charge is 0.223 e. The minimum atomic E-state index is 0. The van der Waals surface area contributed by atoms with Gasteiger partial charge in [-0.2, -0.15) is 0 Å². The molecule has 0 aliphatic heterocycles. The Morgan fingerprint density at radius 2 is 1.89 bits per heavy atom. The molecule has 177 valence electrons. The number of anilines is 1. The number of nitrogens with two attached hydrogens (primary N) is 1. The number of fused-ring (bicyclic) bond motifs is 2. The number of nitrogen functional groups attached to an aromatic ring is 1. The molecular formula is C28H25N6OY-. The second-order valence-electron chi connectivity index (χ2n) is 9.13. The number of rotatable bonds is 4. The summed E-state index contributed by atoms with van der Waals surface area (Å²) in [6, 6.07) is 19.8. The molecule has 0 spiro atoms. The van der Waals surface area contributed by atoms with Gasteiger partial charge in [0.15, 0.2) is 0 Å². The molecular weight excluding hydrogens is 525 g/mol. The molecule has 3 heterocycles. The van der Waals surface area contributed by atoms with Gasteiger partial charge >= 0.3 is 0 Å². The summed E-state index contributed by atoms with van der Waals surface area (Å²) in [5.74, 6) is 0.570. The third-order valence-corrected chi connectivity index (χ3v) is 7.15. The molecule has 3 N–H and O–H groups in total. The molecule has 1 aliphatic carbocycles. The summed E-state index contributed by atoms with van der Waals surface area (Å²) in [6.07, 6.45) is 5.17. The molecule has 0 unspecified atom stereocenters. The maximum absolute atomic E-state index is 12.0. The van der Waals surface area contributed by atoms with Crippen molar-refractivity contribution in [1.82, 2.24) is 24.8 Å². The summed E-state index contributed by atoms with van der Waals surface area (Å²) >= 11 is 0. The molecule has 5 aromatic rings. The number of aromatic nitrogens is 4. The van der Waals surface area contributed by atoms with Gasteiger partial charge in [-0.25, -0.2) is 9.97 Å². The number of amides is 1. The van der Waals surface area contributed by atoms with Crippen LogP contribution in [-0.4, -0.2) is 32.5 Å². The Balaban J connectivity index is 0.00000267. The van der Waals surface area contributed by atoms with Gasteiger partial charge < -0.3 is 20.6 Å². The van der Waals surface area contributed by atoms with Crippen LogP contribution < -0.4 is 11.1 Å². The predicted octanol–water partition coefficient (Wildman–Crippen LogP) is 4.70. The minimum absolute atomic E-state index is 0. The van der Waals surface area contributed by atoms with Crippen LogP contribution in [0.15, 0.2) is 61.1 Å². The van der Waals surface area contributed by atoms with Gasteiger partial charge in [-0.15, -0.1) is 23.6 Å². The van der Waals surface area contributed by atoms with E-state index in [0.29, 0.717) is 5.82 Å². The van der Waals surface area contributed by atoms with Crippen LogP contribution in [0.3, 0.4) is 0 Å². The van der Waals surface area contributed by atoms with E-state index in [4.69, 9.17) is 10.7 Å². The van der Waals surface area contributed by atoms with Gasteiger partial charge in [0.1, 0.15) is 17.8 Å². The molecule has 1 aliphatic rings. The van der Waals surface area contributed by atoms with Crippen LogP contribution in [0.1, 0.15) is 24.4 Å². The van der Waals surface area contributed by atoms with E-state index in [2.05, 4.69) is 57.2 Å². The van der Waals surface area contributed by atoms with E-state index in [-0.39, 0.29) is 50.6 Å². The average molecular weight is 550 g/mol. The van der Waals surface area contributed by atoms with Crippen molar-refractivity contribution in [1.29, 1.82) is 0 Å². The van der Waals surface area contributed by atoms with Crippen LogP contribution in [0.25, 0.3) is 44.3 Å². The van der Waals surface area contributed by atoms with Crippen molar-refractivity contribution in [3.63, 3.8) is 0 Å². The molecule has 1 amide bonds. The Bertz CT molecular complexity index is 1590. The van der Waals surface area contributed by atoms with Crippen molar-refractivity contribution in [2.24, 2.45) is 5.92 Å². The molecule has 1 fully saturated rings. The van der Waals surface area contributed by atoms with Crippen LogP contribution in [0.4, 0.5) is 5.82 Å². The molecule has 8 heteroatoms. The second-order valence-corrected chi connectivity index (χ2v) is 9.13. The van der Waals surface area contributed by atoms with Crippen LogP contribution in [-0.2, 0) is 37.5 Å². The standard InChI is InChI=1S/C28H25N6O.Y/c1-16-21(10-8-18-9-11-23(33-25(16)18)17-6-4-3-5-7-17)22-14-34(20-12-19(13-20)28(35)30-2)27-24(22)26(29)31-15-32-27;/h3-8,10-11,14-15,19-20H,12-13H2,1-2H3,(H,30,35)(H2,29,31,32);/q-1;. The van der Waals surface area contributed by atoms with Crippen LogP contribution in [0.2, 0.25) is 0 Å². The van der Waals surface area contributed by atoms with Gasteiger partial charge in [0, 0.05) is 63.5 Å². The molecule has 0 bridgehead atoms. The van der Waals surface area contributed by atoms with Crippen molar-refractivity contribution < 1.29 is 37.5 Å². The molecule has 0 saturated heterocycles. The number of benzene rings is 2. The van der Waals surface area contributed by atoms with E-state index < -0.39 is 0 Å². The summed E-state index contributed by atoms with van der Waals surface area (Å²) in [7, 11) is 1.68. The van der Waals surface area contributed by atoms with E-state index in [0.717, 1.165) is 62.7 Å². The zero-order chi connectivity index (χ0) is 24.1. The third kappa shape index (κ3) is 4.00. The molecule has 1 saturated carbocycles. The van der Waals surface area contributed by atoms with Crippen LogP contribution >= 0.6 is 0 Å². The first kappa shape index (κ1) is 24.5. The Labute approximate surface area is 234 Å². The number of aryl methyl sites for hydroxylation is 1. The third-order valence-electron chi connectivity index (χ3n) is 7.15. The Kier molecular flexibility index (Phi) is 6.62. The topological polar surface area (TPSA) is 98.7 Å². The quantitative estimate of drug-likeness (QED) is 0.316. The normalized spacial score (nSPS) is 16.9. The molecule has 6 rings (SSSR count). The average Bonchev–Trinajstić information content (AvgIpc) is 3.24. The van der Waals surface area contributed by atoms with Gasteiger partial charge in [0.05, 0.1) is 5.39 Å².